The molecule has 1 atom stereocenters. The second-order valence-corrected chi connectivity index (χ2v) is 7.20. The van der Waals surface area contributed by atoms with Gasteiger partial charge in [0.1, 0.15) is 5.82 Å². The van der Waals surface area contributed by atoms with Gasteiger partial charge in [-0.15, -0.1) is 0 Å². The van der Waals surface area contributed by atoms with E-state index in [4.69, 9.17) is 5.73 Å². The topological polar surface area (TPSA) is 72.2 Å². The first-order valence-corrected chi connectivity index (χ1v) is 8.60. The molecule has 0 aliphatic heterocycles. The number of nitrogens with one attached hydrogen (secondary N) is 1. The zero-order valence-electron chi connectivity index (χ0n) is 11.9. The first-order valence-electron chi connectivity index (χ1n) is 7.12. The van der Waals surface area contributed by atoms with Crippen molar-refractivity contribution in [1.82, 2.24) is 4.72 Å². The molecule has 4 nitrogen and oxygen atoms in total. The maximum Gasteiger partial charge on any atom is 0.241 e. The summed E-state index contributed by atoms with van der Waals surface area (Å²) in [5.74, 6) is -0.570. The highest BCUT2D eigenvalue weighted by molar-refractivity contribution is 7.89. The van der Waals surface area contributed by atoms with Crippen molar-refractivity contribution in [2.45, 2.75) is 30.2 Å². The lowest BCUT2D eigenvalue weighted by atomic mass is 9.88. The van der Waals surface area contributed by atoms with Crippen LogP contribution in [0.25, 0.3) is 0 Å². The average Bonchev–Trinajstić information content (AvgIpc) is 2.47. The Labute approximate surface area is 129 Å². The van der Waals surface area contributed by atoms with E-state index < -0.39 is 15.8 Å². The van der Waals surface area contributed by atoms with Crippen molar-refractivity contribution in [3.8, 4) is 0 Å². The number of anilines is 1. The number of fused-ring (bicyclic) bond motifs is 1. The molecule has 1 unspecified atom stereocenters. The van der Waals surface area contributed by atoms with Crippen molar-refractivity contribution in [2.75, 3.05) is 5.73 Å². The van der Waals surface area contributed by atoms with Crippen LogP contribution in [0.2, 0.25) is 0 Å². The summed E-state index contributed by atoms with van der Waals surface area (Å²) in [7, 11) is -3.76. The van der Waals surface area contributed by atoms with Crippen molar-refractivity contribution < 1.29 is 12.8 Å². The van der Waals surface area contributed by atoms with Gasteiger partial charge in [-0.05, 0) is 60.7 Å². The van der Waals surface area contributed by atoms with Gasteiger partial charge in [0.25, 0.3) is 0 Å². The molecule has 1 aliphatic rings. The van der Waals surface area contributed by atoms with Crippen molar-refractivity contribution in [3.63, 3.8) is 0 Å². The Hall–Kier alpha value is -1.92. The predicted octanol–water partition coefficient (Wildman–Crippen LogP) is 2.76. The summed E-state index contributed by atoms with van der Waals surface area (Å²) < 4.78 is 40.8. The molecule has 0 spiro atoms. The third-order valence-electron chi connectivity index (χ3n) is 3.89. The number of nitrogen functional groups attached to an aromatic ring is 1. The molecule has 1 aliphatic carbocycles. The third kappa shape index (κ3) is 2.98. The van der Waals surface area contributed by atoms with Crippen molar-refractivity contribution in [1.29, 1.82) is 0 Å². The Morgan fingerprint density at radius 1 is 1.18 bits per heavy atom. The normalized spacial score (nSPS) is 18.0. The molecule has 0 bridgehead atoms. The molecule has 6 heteroatoms. The zero-order valence-corrected chi connectivity index (χ0v) is 12.7. The Morgan fingerprint density at radius 3 is 2.77 bits per heavy atom. The molecule has 116 valence electrons. The first kappa shape index (κ1) is 15.0. The van der Waals surface area contributed by atoms with E-state index in [1.54, 1.807) is 6.07 Å². The fourth-order valence-electron chi connectivity index (χ4n) is 2.85. The van der Waals surface area contributed by atoms with Gasteiger partial charge in [0.2, 0.25) is 10.0 Å². The van der Waals surface area contributed by atoms with E-state index in [0.717, 1.165) is 30.0 Å². The minimum atomic E-state index is -3.76. The number of hydrogen-bond acceptors (Lipinski definition) is 3. The maximum absolute atomic E-state index is 13.3. The minimum absolute atomic E-state index is 0.0601. The van der Waals surface area contributed by atoms with E-state index in [0.29, 0.717) is 12.1 Å². The van der Waals surface area contributed by atoms with Gasteiger partial charge in [0.15, 0.2) is 0 Å². The molecule has 2 aromatic carbocycles. The van der Waals surface area contributed by atoms with Gasteiger partial charge < -0.3 is 5.73 Å². The van der Waals surface area contributed by atoms with Gasteiger partial charge >= 0.3 is 0 Å². The fraction of sp³-hybridized carbons (Fsp3) is 0.250. The van der Waals surface area contributed by atoms with Gasteiger partial charge in [0, 0.05) is 11.7 Å². The van der Waals surface area contributed by atoms with Crippen LogP contribution in [0.15, 0.2) is 47.4 Å². The van der Waals surface area contributed by atoms with E-state index in [9.17, 15) is 12.8 Å². The highest BCUT2D eigenvalue weighted by Gasteiger charge is 2.26. The van der Waals surface area contributed by atoms with Gasteiger partial charge in [-0.1, -0.05) is 12.1 Å². The van der Waals surface area contributed by atoms with E-state index in [1.807, 2.05) is 12.1 Å². The predicted molar refractivity (Wildman–Crippen MR) is 83.3 cm³/mol. The number of sulfonamides is 1. The standard InChI is InChI=1S/C16H17FN2O2S/c17-12-4-2-5-14(10-12)22(20,21)19-16-6-1-3-11-9-13(18)7-8-15(11)16/h2,4-5,7-10,16,19H,1,3,6,18H2. The van der Waals surface area contributed by atoms with Crippen molar-refractivity contribution >= 4 is 15.7 Å². The summed E-state index contributed by atoms with van der Waals surface area (Å²) in [4.78, 5) is -0.0601. The Bertz CT molecular complexity index is 806. The monoisotopic (exact) mass is 320 g/mol. The summed E-state index contributed by atoms with van der Waals surface area (Å²) in [6.45, 7) is 0. The average molecular weight is 320 g/mol. The minimum Gasteiger partial charge on any atom is -0.399 e. The molecule has 0 saturated carbocycles. The van der Waals surface area contributed by atoms with Crippen LogP contribution in [0, 0.1) is 5.82 Å². The number of rotatable bonds is 3. The molecule has 0 aromatic heterocycles. The molecule has 22 heavy (non-hydrogen) atoms. The highest BCUT2D eigenvalue weighted by Crippen LogP contribution is 2.32. The van der Waals surface area contributed by atoms with Crippen LogP contribution in [0.4, 0.5) is 10.1 Å². The lowest BCUT2D eigenvalue weighted by molar-refractivity contribution is 0.507. The van der Waals surface area contributed by atoms with Gasteiger partial charge in [0.05, 0.1) is 4.90 Å². The first-order chi connectivity index (χ1) is 10.5. The SMILES string of the molecule is Nc1ccc2c(c1)CCCC2NS(=O)(=O)c1cccc(F)c1. The van der Waals surface area contributed by atoms with Crippen LogP contribution in [-0.2, 0) is 16.4 Å². The fourth-order valence-corrected chi connectivity index (χ4v) is 4.13. The van der Waals surface area contributed by atoms with Crippen LogP contribution in [0.5, 0.6) is 0 Å². The Balaban J connectivity index is 1.91. The van der Waals surface area contributed by atoms with Gasteiger partial charge in [-0.25, -0.2) is 17.5 Å². The van der Waals surface area contributed by atoms with Crippen LogP contribution < -0.4 is 10.5 Å². The van der Waals surface area contributed by atoms with Crippen LogP contribution in [-0.4, -0.2) is 8.42 Å². The number of hydrogen-bond donors (Lipinski definition) is 2. The van der Waals surface area contributed by atoms with Crippen LogP contribution in [0.3, 0.4) is 0 Å². The Kier molecular flexibility index (Phi) is 3.88. The quantitative estimate of drug-likeness (QED) is 0.854. The number of halogens is 1. The van der Waals surface area contributed by atoms with E-state index in [1.165, 1.54) is 18.2 Å². The molecule has 2 aromatic rings. The molecule has 0 heterocycles. The highest BCUT2D eigenvalue weighted by atomic mass is 32.2. The summed E-state index contributed by atoms with van der Waals surface area (Å²) >= 11 is 0. The van der Waals surface area contributed by atoms with Crippen molar-refractivity contribution in [3.05, 3.63) is 59.4 Å². The lowest BCUT2D eigenvalue weighted by Crippen LogP contribution is -2.31. The molecule has 0 radical (unpaired) electrons. The summed E-state index contributed by atoms with van der Waals surface area (Å²) in [5.41, 5.74) is 8.47. The van der Waals surface area contributed by atoms with E-state index in [2.05, 4.69) is 4.72 Å². The summed E-state index contributed by atoms with van der Waals surface area (Å²) in [6, 6.07) is 10.2. The van der Waals surface area contributed by atoms with E-state index in [-0.39, 0.29) is 10.9 Å². The lowest BCUT2D eigenvalue weighted by Gasteiger charge is -2.26. The zero-order chi connectivity index (χ0) is 15.7. The molecular formula is C16H17FN2O2S. The number of nitrogens with two attached hydrogens (primary N) is 1. The van der Waals surface area contributed by atoms with Crippen molar-refractivity contribution in [2.24, 2.45) is 0 Å². The molecule has 0 amide bonds. The number of aryl methyl sites for hydroxylation is 1. The van der Waals surface area contributed by atoms with E-state index >= 15 is 0 Å². The largest absolute Gasteiger partial charge is 0.399 e. The summed E-state index contributed by atoms with van der Waals surface area (Å²) in [6.07, 6.45) is 2.48. The Morgan fingerprint density at radius 2 is 2.00 bits per heavy atom. The molecular weight excluding hydrogens is 303 g/mol. The second-order valence-electron chi connectivity index (χ2n) is 5.48. The second kappa shape index (κ2) is 5.70. The van der Waals surface area contributed by atoms with Gasteiger partial charge in [-0.3, -0.25) is 0 Å². The third-order valence-corrected chi connectivity index (χ3v) is 5.35. The van der Waals surface area contributed by atoms with Crippen LogP contribution in [0.1, 0.15) is 30.0 Å². The maximum atomic E-state index is 13.3. The molecule has 0 fully saturated rings. The smallest absolute Gasteiger partial charge is 0.241 e. The molecule has 3 rings (SSSR count). The molecule has 0 saturated heterocycles. The van der Waals surface area contributed by atoms with Crippen LogP contribution >= 0.6 is 0 Å². The van der Waals surface area contributed by atoms with Gasteiger partial charge in [-0.2, -0.15) is 0 Å². The number of benzene rings is 2. The summed E-state index contributed by atoms with van der Waals surface area (Å²) in [5, 5.41) is 0. The molecule has 3 N–H and O–H groups in total.